The number of fused-ring (bicyclic) bond motifs is 1. The Morgan fingerprint density at radius 2 is 1.51 bits per heavy atom. The molecule has 70 heavy (non-hydrogen) atoms. The lowest BCUT2D eigenvalue weighted by molar-refractivity contribution is -0.136. The van der Waals surface area contributed by atoms with Crippen molar-refractivity contribution in [2.75, 3.05) is 60.1 Å². The number of aromatic hydroxyl groups is 1. The van der Waals surface area contributed by atoms with Gasteiger partial charge in [0, 0.05) is 80.8 Å². The first-order valence-corrected chi connectivity index (χ1v) is 24.5. The number of nitrogens with one attached hydrogen (secondary N) is 2. The predicted molar refractivity (Wildman–Crippen MR) is 262 cm³/mol. The van der Waals surface area contributed by atoms with Crippen LogP contribution in [0.5, 0.6) is 11.5 Å². The fourth-order valence-corrected chi connectivity index (χ4v) is 9.81. The number of para-hydroxylation sites is 1. The maximum Gasteiger partial charge on any atom is 0.264 e. The second-order valence-electron chi connectivity index (χ2n) is 18.4. The summed E-state index contributed by atoms with van der Waals surface area (Å²) < 4.78 is 8.19. The summed E-state index contributed by atoms with van der Waals surface area (Å²) in [6, 6.07) is 21.3. The number of carbonyl (C=O) groups excluding carboxylic acids is 5. The SMILES string of the molecule is Nc1nnc(-c2ccccc2O)cc1OC1CCCN(c2ccc(N3CCN(C(=O)CCCCCCCCCn4cc(CNc5cccc6c5C(=O)N(C5CCC(=O)NC5=O)C6=O)nn4)CC3)cc2)C1. The number of benzene rings is 3. The number of anilines is 4. The summed E-state index contributed by atoms with van der Waals surface area (Å²) in [6.45, 7) is 5.71. The minimum absolute atomic E-state index is 0.0615. The van der Waals surface area contributed by atoms with Crippen LogP contribution in [-0.2, 0) is 27.5 Å². The van der Waals surface area contributed by atoms with E-state index in [2.05, 4.69) is 65.2 Å². The molecule has 3 saturated heterocycles. The van der Waals surface area contributed by atoms with Crippen molar-refractivity contribution >= 4 is 52.4 Å². The minimum atomic E-state index is -1.02. The molecule has 4 aliphatic rings. The maximum absolute atomic E-state index is 13.4. The number of hydrogen-bond donors (Lipinski definition) is 4. The first kappa shape index (κ1) is 47.5. The van der Waals surface area contributed by atoms with Crippen LogP contribution in [0.4, 0.5) is 22.9 Å². The zero-order chi connectivity index (χ0) is 48.6. The van der Waals surface area contributed by atoms with Gasteiger partial charge in [0.25, 0.3) is 11.8 Å². The Morgan fingerprint density at radius 1 is 0.786 bits per heavy atom. The Balaban J connectivity index is 0.627. The number of rotatable bonds is 19. The molecule has 2 unspecified atom stereocenters. The van der Waals surface area contributed by atoms with Crippen LogP contribution in [0.25, 0.3) is 11.3 Å². The lowest BCUT2D eigenvalue weighted by atomic mass is 10.0. The van der Waals surface area contributed by atoms with Gasteiger partial charge in [-0.05, 0) is 80.6 Å². The molecule has 3 fully saturated rings. The van der Waals surface area contributed by atoms with Gasteiger partial charge in [0.2, 0.25) is 17.7 Å². The zero-order valence-electron chi connectivity index (χ0n) is 39.3. The maximum atomic E-state index is 13.4. The molecule has 6 heterocycles. The number of carbonyl (C=O) groups is 5. The van der Waals surface area contributed by atoms with Crippen LogP contribution in [0.1, 0.15) is 103 Å². The van der Waals surface area contributed by atoms with E-state index in [0.29, 0.717) is 47.9 Å². The molecule has 9 rings (SSSR count). The number of nitrogen functional groups attached to an aromatic ring is 1. The Labute approximate surface area is 406 Å². The first-order chi connectivity index (χ1) is 34.1. The smallest absolute Gasteiger partial charge is 0.264 e. The molecule has 4 aliphatic heterocycles. The summed E-state index contributed by atoms with van der Waals surface area (Å²) in [4.78, 5) is 71.4. The molecule has 19 nitrogen and oxygen atoms in total. The van der Waals surface area contributed by atoms with Crippen LogP contribution in [0, 0.1) is 0 Å². The van der Waals surface area contributed by atoms with E-state index >= 15 is 0 Å². The molecule has 0 aliphatic carbocycles. The number of piperazine rings is 1. The van der Waals surface area contributed by atoms with Gasteiger partial charge in [-0.15, -0.1) is 15.3 Å². The number of aryl methyl sites for hydroxylation is 1. The topological polar surface area (TPSA) is 234 Å². The van der Waals surface area contributed by atoms with Gasteiger partial charge in [-0.2, -0.15) is 0 Å². The lowest BCUT2D eigenvalue weighted by Crippen LogP contribution is -2.54. The number of ether oxygens (including phenoxy) is 1. The number of aromatic nitrogens is 5. The van der Waals surface area contributed by atoms with Crippen molar-refractivity contribution in [2.45, 2.75) is 102 Å². The molecule has 366 valence electrons. The average Bonchev–Trinajstić information content (AvgIpc) is 3.94. The van der Waals surface area contributed by atoms with Crippen LogP contribution < -0.4 is 30.9 Å². The fraction of sp³-hybridized carbons (Fsp3) is 0.431. The van der Waals surface area contributed by atoms with Gasteiger partial charge >= 0.3 is 0 Å². The van der Waals surface area contributed by atoms with Crippen LogP contribution in [0.2, 0.25) is 0 Å². The lowest BCUT2D eigenvalue weighted by Gasteiger charge is -2.37. The van der Waals surface area contributed by atoms with Gasteiger partial charge in [-0.3, -0.25) is 38.9 Å². The summed E-state index contributed by atoms with van der Waals surface area (Å²) in [7, 11) is 0. The van der Waals surface area contributed by atoms with E-state index in [9.17, 15) is 29.1 Å². The van der Waals surface area contributed by atoms with Crippen molar-refractivity contribution in [1.29, 1.82) is 0 Å². The third-order valence-electron chi connectivity index (χ3n) is 13.6. The summed E-state index contributed by atoms with van der Waals surface area (Å²) in [5.74, 6) is -1.13. The van der Waals surface area contributed by atoms with E-state index in [4.69, 9.17) is 10.5 Å². The van der Waals surface area contributed by atoms with Crippen LogP contribution in [0.15, 0.2) is 79.0 Å². The number of phenolic OH excluding ortho intramolecular Hbond substituents is 1. The first-order valence-electron chi connectivity index (χ1n) is 24.5. The second-order valence-corrected chi connectivity index (χ2v) is 18.4. The fourth-order valence-electron chi connectivity index (χ4n) is 9.81. The van der Waals surface area contributed by atoms with Crippen molar-refractivity contribution in [2.24, 2.45) is 0 Å². The van der Waals surface area contributed by atoms with E-state index in [1.807, 2.05) is 21.8 Å². The van der Waals surface area contributed by atoms with Gasteiger partial charge in [-0.25, -0.2) is 0 Å². The van der Waals surface area contributed by atoms with E-state index in [-0.39, 0.29) is 47.5 Å². The Bertz CT molecular complexity index is 2700. The second kappa shape index (κ2) is 21.8. The highest BCUT2D eigenvalue weighted by molar-refractivity contribution is 6.25. The molecule has 2 aromatic heterocycles. The Kier molecular flexibility index (Phi) is 14.8. The summed E-state index contributed by atoms with van der Waals surface area (Å²) in [6.07, 6.45) is 11.7. The number of piperidine rings is 2. The molecule has 0 spiro atoms. The molecular formula is C51H60N12O7. The quantitative estimate of drug-likeness (QED) is 0.0587. The molecule has 19 heteroatoms. The van der Waals surface area contributed by atoms with Gasteiger partial charge in [0.1, 0.15) is 29.3 Å². The molecule has 0 bridgehead atoms. The van der Waals surface area contributed by atoms with Crippen LogP contribution >= 0.6 is 0 Å². The number of amides is 5. The normalized spacial score (nSPS) is 18.3. The highest BCUT2D eigenvalue weighted by atomic mass is 16.5. The molecule has 0 radical (unpaired) electrons. The number of nitrogens with two attached hydrogens (primary N) is 1. The third-order valence-corrected chi connectivity index (χ3v) is 13.6. The van der Waals surface area contributed by atoms with Crippen molar-refractivity contribution in [1.82, 2.24) is 40.3 Å². The molecule has 0 saturated carbocycles. The van der Waals surface area contributed by atoms with E-state index in [1.54, 1.807) is 42.5 Å². The Hall–Kier alpha value is -7.57. The number of unbranched alkanes of at least 4 members (excludes halogenated alkanes) is 6. The highest BCUT2D eigenvalue weighted by Crippen LogP contribution is 2.34. The zero-order valence-corrected chi connectivity index (χ0v) is 39.3. The predicted octanol–water partition coefficient (Wildman–Crippen LogP) is 5.55. The third kappa shape index (κ3) is 11.0. The van der Waals surface area contributed by atoms with Crippen LogP contribution in [-0.4, -0.2) is 121 Å². The summed E-state index contributed by atoms with van der Waals surface area (Å²) in [5.41, 5.74) is 11.1. The summed E-state index contributed by atoms with van der Waals surface area (Å²) in [5, 5.41) is 32.6. The summed E-state index contributed by atoms with van der Waals surface area (Å²) >= 11 is 0. The van der Waals surface area contributed by atoms with Crippen molar-refractivity contribution < 1.29 is 33.8 Å². The van der Waals surface area contributed by atoms with Crippen molar-refractivity contribution in [3.05, 3.63) is 95.8 Å². The van der Waals surface area contributed by atoms with Gasteiger partial charge in [0.05, 0.1) is 30.4 Å². The monoisotopic (exact) mass is 952 g/mol. The number of imide groups is 2. The number of phenols is 1. The van der Waals surface area contributed by atoms with Gasteiger partial charge in [0.15, 0.2) is 11.6 Å². The van der Waals surface area contributed by atoms with Crippen molar-refractivity contribution in [3.63, 3.8) is 0 Å². The molecule has 5 N–H and O–H groups in total. The standard InChI is InChI=1S/C51H60N12O7/c52-48-44(30-41(56-57-48)38-13-7-8-16-43(38)64)70-37-12-11-24-61(33-37)36-20-18-35(19-21-36)59-26-28-60(29-27-59)46(66)17-6-4-2-1-3-5-9-25-62-32-34(55-58-62)31-53-40-15-10-14-39-47(40)51(69)63(50(39)68)42-22-23-45(65)54-49(42)67/h7-8,10,13-16,18-21,30,32,37,42,53,64H,1-6,9,11-12,17,22-29,31,33H2,(H2,52,57)(H,54,65,67). The van der Waals surface area contributed by atoms with E-state index in [0.717, 1.165) is 113 Å². The van der Waals surface area contributed by atoms with Gasteiger partial charge in [-0.1, -0.05) is 55.5 Å². The average molecular weight is 953 g/mol. The van der Waals surface area contributed by atoms with Crippen molar-refractivity contribution in [3.8, 4) is 22.8 Å². The number of hydrogen-bond acceptors (Lipinski definition) is 15. The van der Waals surface area contributed by atoms with E-state index in [1.165, 1.54) is 0 Å². The molecular weight excluding hydrogens is 893 g/mol. The number of nitrogens with zero attached hydrogens (tertiary/aromatic N) is 9. The van der Waals surface area contributed by atoms with Gasteiger partial charge < -0.3 is 35.6 Å². The molecule has 5 aromatic rings. The largest absolute Gasteiger partial charge is 0.507 e. The Morgan fingerprint density at radius 3 is 2.29 bits per heavy atom. The minimum Gasteiger partial charge on any atom is -0.507 e. The molecule has 2 atom stereocenters. The van der Waals surface area contributed by atoms with Crippen LogP contribution in [0.3, 0.4) is 0 Å². The highest BCUT2D eigenvalue weighted by Gasteiger charge is 2.45. The molecule has 3 aromatic carbocycles. The van der Waals surface area contributed by atoms with E-state index < -0.39 is 29.7 Å². The molecule has 5 amide bonds.